The molecule has 2 aromatic rings. The van der Waals surface area contributed by atoms with E-state index in [0.29, 0.717) is 5.92 Å². The monoisotopic (exact) mass is 288 g/mol. The van der Waals surface area contributed by atoms with E-state index < -0.39 is 0 Å². The summed E-state index contributed by atoms with van der Waals surface area (Å²) in [7, 11) is 0. The molecular weight excluding hydrogens is 268 g/mol. The van der Waals surface area contributed by atoms with Crippen LogP contribution in [0, 0.1) is 0 Å². The van der Waals surface area contributed by atoms with Gasteiger partial charge >= 0.3 is 0 Å². The molecule has 5 rings (SSSR count). The Morgan fingerprint density at radius 1 is 0.864 bits per heavy atom. The van der Waals surface area contributed by atoms with E-state index in [1.165, 1.54) is 55.2 Å². The summed E-state index contributed by atoms with van der Waals surface area (Å²) in [6.07, 6.45) is 7.50. The molecule has 2 saturated carbocycles. The van der Waals surface area contributed by atoms with Gasteiger partial charge in [0, 0.05) is 16.5 Å². The van der Waals surface area contributed by atoms with Gasteiger partial charge in [0.15, 0.2) is 5.78 Å². The molecule has 0 unspecified atom stereocenters. The Kier molecular flexibility index (Phi) is 2.48. The molecule has 0 saturated heterocycles. The predicted octanol–water partition coefficient (Wildman–Crippen LogP) is 4.97. The van der Waals surface area contributed by atoms with Crippen LogP contribution in [0.4, 0.5) is 0 Å². The summed E-state index contributed by atoms with van der Waals surface area (Å²) in [5, 5.41) is 0. The highest BCUT2D eigenvalue weighted by atomic mass is 16.1. The Morgan fingerprint density at radius 3 is 2.36 bits per heavy atom. The fourth-order valence-electron chi connectivity index (χ4n) is 4.84. The van der Waals surface area contributed by atoms with E-state index in [0.717, 1.165) is 11.1 Å². The second-order valence-corrected chi connectivity index (χ2v) is 7.21. The first-order valence-corrected chi connectivity index (χ1v) is 8.59. The normalized spacial score (nSPS) is 21.7. The minimum atomic E-state index is 0.147. The average molecular weight is 288 g/mol. The lowest BCUT2D eigenvalue weighted by Crippen LogP contribution is -2.26. The molecular formula is C21H20O. The topological polar surface area (TPSA) is 17.1 Å². The third-order valence-corrected chi connectivity index (χ3v) is 6.07. The first kappa shape index (κ1) is 12.6. The van der Waals surface area contributed by atoms with E-state index >= 15 is 0 Å². The smallest absolute Gasteiger partial charge is 0.193 e. The van der Waals surface area contributed by atoms with Gasteiger partial charge in [-0.3, -0.25) is 4.79 Å². The SMILES string of the molecule is O=C1c2ccccc2C2(CC2)c2cccc(C3CCCC3)c21. The van der Waals surface area contributed by atoms with Crippen LogP contribution in [-0.4, -0.2) is 5.78 Å². The van der Waals surface area contributed by atoms with Gasteiger partial charge in [-0.15, -0.1) is 0 Å². The number of hydrogen-bond donors (Lipinski definition) is 0. The predicted molar refractivity (Wildman–Crippen MR) is 87.5 cm³/mol. The van der Waals surface area contributed by atoms with E-state index in [-0.39, 0.29) is 11.2 Å². The third kappa shape index (κ3) is 1.52. The summed E-state index contributed by atoms with van der Waals surface area (Å²) < 4.78 is 0. The maximum atomic E-state index is 13.2. The van der Waals surface area contributed by atoms with Gasteiger partial charge in [-0.05, 0) is 48.3 Å². The number of carbonyl (C=O) groups is 1. The van der Waals surface area contributed by atoms with Crippen molar-refractivity contribution >= 4 is 5.78 Å². The Morgan fingerprint density at radius 2 is 1.59 bits per heavy atom. The highest BCUT2D eigenvalue weighted by Crippen LogP contribution is 2.58. The van der Waals surface area contributed by atoms with Gasteiger partial charge in [0.2, 0.25) is 0 Å². The van der Waals surface area contributed by atoms with Gasteiger partial charge in [-0.25, -0.2) is 0 Å². The largest absolute Gasteiger partial charge is 0.289 e. The first-order valence-electron chi connectivity index (χ1n) is 8.59. The zero-order valence-corrected chi connectivity index (χ0v) is 12.8. The number of fused-ring (bicyclic) bond motifs is 4. The van der Waals surface area contributed by atoms with Gasteiger partial charge in [0.25, 0.3) is 0 Å². The van der Waals surface area contributed by atoms with Gasteiger partial charge in [-0.1, -0.05) is 55.3 Å². The minimum Gasteiger partial charge on any atom is -0.289 e. The number of carbonyl (C=O) groups excluding carboxylic acids is 1. The number of ketones is 1. The molecule has 22 heavy (non-hydrogen) atoms. The zero-order valence-electron chi connectivity index (χ0n) is 12.8. The Labute approximate surface area is 131 Å². The lowest BCUT2D eigenvalue weighted by Gasteiger charge is -2.30. The van der Waals surface area contributed by atoms with Crippen LogP contribution in [0.1, 0.15) is 77.1 Å². The van der Waals surface area contributed by atoms with Gasteiger partial charge in [0.1, 0.15) is 0 Å². The van der Waals surface area contributed by atoms with Gasteiger partial charge in [0.05, 0.1) is 0 Å². The zero-order chi connectivity index (χ0) is 14.7. The Balaban J connectivity index is 1.77. The summed E-state index contributed by atoms with van der Waals surface area (Å²) in [6, 6.07) is 14.9. The van der Waals surface area contributed by atoms with E-state index in [9.17, 15) is 4.79 Å². The van der Waals surface area contributed by atoms with Crippen LogP contribution in [0.5, 0.6) is 0 Å². The van der Waals surface area contributed by atoms with Crippen LogP contribution in [-0.2, 0) is 5.41 Å². The van der Waals surface area contributed by atoms with E-state index in [2.05, 4.69) is 30.3 Å². The summed E-state index contributed by atoms with van der Waals surface area (Å²) in [4.78, 5) is 13.2. The molecule has 0 aliphatic heterocycles. The summed E-state index contributed by atoms with van der Waals surface area (Å²) in [5.41, 5.74) is 6.09. The van der Waals surface area contributed by atoms with Crippen LogP contribution in [0.15, 0.2) is 42.5 Å². The third-order valence-electron chi connectivity index (χ3n) is 6.07. The quantitative estimate of drug-likeness (QED) is 0.724. The standard InChI is InChI=1S/C21H20O/c22-20-16-8-3-4-10-17(16)21(12-13-21)18-11-5-9-15(19(18)20)14-6-1-2-7-14/h3-5,8-11,14H,1-2,6-7,12-13H2. The summed E-state index contributed by atoms with van der Waals surface area (Å²) >= 11 is 0. The van der Waals surface area contributed by atoms with Crippen molar-refractivity contribution in [2.24, 2.45) is 0 Å². The van der Waals surface area contributed by atoms with Crippen molar-refractivity contribution in [3.63, 3.8) is 0 Å². The van der Waals surface area contributed by atoms with Crippen LogP contribution in [0.25, 0.3) is 0 Å². The molecule has 1 spiro atoms. The van der Waals surface area contributed by atoms with E-state index in [1.54, 1.807) is 0 Å². The lowest BCUT2D eigenvalue weighted by molar-refractivity contribution is 0.103. The molecule has 0 radical (unpaired) electrons. The molecule has 3 aliphatic rings. The van der Waals surface area contributed by atoms with Crippen LogP contribution in [0.2, 0.25) is 0 Å². The summed E-state index contributed by atoms with van der Waals surface area (Å²) in [5.74, 6) is 0.866. The highest BCUT2D eigenvalue weighted by molar-refractivity contribution is 6.14. The molecule has 1 nitrogen and oxygen atoms in total. The van der Waals surface area contributed by atoms with Crippen LogP contribution >= 0.6 is 0 Å². The van der Waals surface area contributed by atoms with E-state index in [1.807, 2.05) is 12.1 Å². The van der Waals surface area contributed by atoms with Crippen molar-refractivity contribution in [1.82, 2.24) is 0 Å². The molecule has 0 atom stereocenters. The van der Waals surface area contributed by atoms with E-state index in [4.69, 9.17) is 0 Å². The molecule has 2 aromatic carbocycles. The molecule has 0 amide bonds. The highest BCUT2D eigenvalue weighted by Gasteiger charge is 2.52. The van der Waals surface area contributed by atoms with Crippen molar-refractivity contribution in [3.8, 4) is 0 Å². The molecule has 3 aliphatic carbocycles. The molecule has 110 valence electrons. The molecule has 0 heterocycles. The lowest BCUT2D eigenvalue weighted by atomic mass is 9.72. The number of hydrogen-bond acceptors (Lipinski definition) is 1. The Bertz CT molecular complexity index is 776. The van der Waals surface area contributed by atoms with Gasteiger partial charge < -0.3 is 0 Å². The van der Waals surface area contributed by atoms with Crippen LogP contribution < -0.4 is 0 Å². The Hall–Kier alpha value is -1.89. The molecule has 1 heteroatoms. The maximum absolute atomic E-state index is 13.2. The maximum Gasteiger partial charge on any atom is 0.193 e. The molecule has 0 bridgehead atoms. The minimum absolute atomic E-state index is 0.147. The second-order valence-electron chi connectivity index (χ2n) is 7.21. The van der Waals surface area contributed by atoms with Gasteiger partial charge in [-0.2, -0.15) is 0 Å². The van der Waals surface area contributed by atoms with Crippen molar-refractivity contribution in [2.45, 2.75) is 49.9 Å². The van der Waals surface area contributed by atoms with Crippen molar-refractivity contribution in [2.75, 3.05) is 0 Å². The van der Waals surface area contributed by atoms with Crippen molar-refractivity contribution < 1.29 is 4.79 Å². The van der Waals surface area contributed by atoms with Crippen molar-refractivity contribution in [1.29, 1.82) is 0 Å². The molecule has 2 fully saturated rings. The molecule has 0 aromatic heterocycles. The van der Waals surface area contributed by atoms with Crippen molar-refractivity contribution in [3.05, 3.63) is 70.3 Å². The number of rotatable bonds is 1. The fraction of sp³-hybridized carbons (Fsp3) is 0.381. The van der Waals surface area contributed by atoms with Crippen LogP contribution in [0.3, 0.4) is 0 Å². The molecule has 0 N–H and O–H groups in total. The first-order chi connectivity index (χ1) is 10.8. The summed E-state index contributed by atoms with van der Waals surface area (Å²) in [6.45, 7) is 0. The fourth-order valence-corrected chi connectivity index (χ4v) is 4.84. The second kappa shape index (κ2) is 4.32. The average Bonchev–Trinajstić information content (AvgIpc) is 3.17. The number of benzene rings is 2.